The van der Waals surface area contributed by atoms with Gasteiger partial charge in [0.05, 0.1) is 12.4 Å². The lowest BCUT2D eigenvalue weighted by molar-refractivity contribution is 0.646. The number of hydrogen-bond acceptors (Lipinski definition) is 5. The van der Waals surface area contributed by atoms with E-state index in [9.17, 15) is 0 Å². The predicted octanol–water partition coefficient (Wildman–Crippen LogP) is 2.24. The fraction of sp³-hybridized carbons (Fsp3) is 0.375. The van der Waals surface area contributed by atoms with Crippen LogP contribution in [0, 0.1) is 0 Å². The zero-order valence-electron chi connectivity index (χ0n) is 12.4. The topological polar surface area (TPSA) is 44.3 Å². The predicted molar refractivity (Wildman–Crippen MR) is 87.1 cm³/mol. The third-order valence-corrected chi connectivity index (χ3v) is 3.70. The van der Waals surface area contributed by atoms with Crippen LogP contribution in [-0.2, 0) is 0 Å². The van der Waals surface area contributed by atoms with Gasteiger partial charge in [0.2, 0.25) is 0 Å². The number of rotatable bonds is 4. The molecule has 5 heteroatoms. The van der Waals surface area contributed by atoms with Crippen LogP contribution in [0.25, 0.3) is 0 Å². The van der Waals surface area contributed by atoms with Crippen molar-refractivity contribution in [2.45, 2.75) is 6.92 Å². The zero-order valence-corrected chi connectivity index (χ0v) is 12.4. The molecule has 2 heterocycles. The minimum atomic E-state index is 0.848. The summed E-state index contributed by atoms with van der Waals surface area (Å²) in [5.41, 5.74) is 1.30. The van der Waals surface area contributed by atoms with Crippen molar-refractivity contribution >= 4 is 17.3 Å². The molecule has 0 unspecified atom stereocenters. The average molecular weight is 283 g/mol. The minimum absolute atomic E-state index is 0.848. The number of para-hydroxylation sites is 1. The van der Waals surface area contributed by atoms with E-state index in [-0.39, 0.29) is 0 Å². The Morgan fingerprint density at radius 2 is 1.71 bits per heavy atom. The van der Waals surface area contributed by atoms with Crippen molar-refractivity contribution in [3.05, 3.63) is 42.7 Å². The Hall–Kier alpha value is -2.30. The van der Waals surface area contributed by atoms with Crippen molar-refractivity contribution < 1.29 is 0 Å². The fourth-order valence-electron chi connectivity index (χ4n) is 2.61. The molecule has 1 saturated heterocycles. The van der Waals surface area contributed by atoms with Gasteiger partial charge in [-0.3, -0.25) is 4.98 Å². The summed E-state index contributed by atoms with van der Waals surface area (Å²) < 4.78 is 0. The molecule has 0 bridgehead atoms. The van der Waals surface area contributed by atoms with Gasteiger partial charge in [-0.25, -0.2) is 4.98 Å². The Labute approximate surface area is 125 Å². The van der Waals surface area contributed by atoms with E-state index < -0.39 is 0 Å². The monoisotopic (exact) mass is 283 g/mol. The van der Waals surface area contributed by atoms with E-state index in [1.54, 1.807) is 6.20 Å². The van der Waals surface area contributed by atoms with Crippen LogP contribution in [0.3, 0.4) is 0 Å². The third-order valence-electron chi connectivity index (χ3n) is 3.70. The van der Waals surface area contributed by atoms with E-state index in [0.29, 0.717) is 0 Å². The van der Waals surface area contributed by atoms with E-state index in [1.165, 1.54) is 5.69 Å². The molecule has 1 aliphatic rings. The first-order valence-corrected chi connectivity index (χ1v) is 7.47. The maximum atomic E-state index is 4.62. The summed E-state index contributed by atoms with van der Waals surface area (Å²) >= 11 is 0. The van der Waals surface area contributed by atoms with E-state index in [0.717, 1.165) is 44.4 Å². The molecule has 1 aromatic carbocycles. The van der Waals surface area contributed by atoms with Crippen molar-refractivity contribution in [3.8, 4) is 0 Å². The second-order valence-corrected chi connectivity index (χ2v) is 5.10. The second-order valence-electron chi connectivity index (χ2n) is 5.10. The maximum Gasteiger partial charge on any atom is 0.149 e. The van der Waals surface area contributed by atoms with Crippen LogP contribution in [0.4, 0.5) is 17.3 Å². The first kappa shape index (κ1) is 13.7. The Morgan fingerprint density at radius 3 is 2.43 bits per heavy atom. The van der Waals surface area contributed by atoms with Gasteiger partial charge in [-0.15, -0.1) is 0 Å². The first-order chi connectivity index (χ1) is 10.4. The number of anilines is 3. The lowest BCUT2D eigenvalue weighted by Crippen LogP contribution is -2.46. The van der Waals surface area contributed by atoms with Gasteiger partial charge in [0.1, 0.15) is 11.6 Å². The second kappa shape index (κ2) is 6.43. The third kappa shape index (κ3) is 3.24. The summed E-state index contributed by atoms with van der Waals surface area (Å²) in [6.07, 6.45) is 3.62. The molecule has 1 N–H and O–H groups in total. The number of hydrogen-bond donors (Lipinski definition) is 1. The number of aromatic nitrogens is 2. The molecule has 1 fully saturated rings. The molecule has 1 aromatic heterocycles. The van der Waals surface area contributed by atoms with Gasteiger partial charge in [0.25, 0.3) is 0 Å². The summed E-state index contributed by atoms with van der Waals surface area (Å²) in [6, 6.07) is 10.6. The van der Waals surface area contributed by atoms with E-state index in [2.05, 4.69) is 62.3 Å². The summed E-state index contributed by atoms with van der Waals surface area (Å²) in [5, 5.41) is 3.21. The zero-order chi connectivity index (χ0) is 14.5. The summed E-state index contributed by atoms with van der Waals surface area (Å²) in [4.78, 5) is 13.6. The van der Waals surface area contributed by atoms with Crippen molar-refractivity contribution in [3.63, 3.8) is 0 Å². The van der Waals surface area contributed by atoms with E-state index in [4.69, 9.17) is 0 Å². The van der Waals surface area contributed by atoms with Crippen LogP contribution < -0.4 is 15.1 Å². The highest BCUT2D eigenvalue weighted by molar-refractivity contribution is 5.50. The molecule has 5 nitrogen and oxygen atoms in total. The average Bonchev–Trinajstić information content (AvgIpc) is 2.56. The molecule has 110 valence electrons. The van der Waals surface area contributed by atoms with Crippen LogP contribution in [0.2, 0.25) is 0 Å². The fourth-order valence-corrected chi connectivity index (χ4v) is 2.61. The molecule has 0 radical (unpaired) electrons. The highest BCUT2D eigenvalue weighted by Gasteiger charge is 2.18. The lowest BCUT2D eigenvalue weighted by Gasteiger charge is -2.36. The van der Waals surface area contributed by atoms with Crippen molar-refractivity contribution in [1.82, 2.24) is 9.97 Å². The van der Waals surface area contributed by atoms with Crippen molar-refractivity contribution in [2.24, 2.45) is 0 Å². The highest BCUT2D eigenvalue weighted by Crippen LogP contribution is 2.19. The highest BCUT2D eigenvalue weighted by atomic mass is 15.3. The van der Waals surface area contributed by atoms with Crippen LogP contribution >= 0.6 is 0 Å². The molecule has 1 aliphatic heterocycles. The van der Waals surface area contributed by atoms with Crippen molar-refractivity contribution in [1.29, 1.82) is 0 Å². The molecular weight excluding hydrogens is 262 g/mol. The summed E-state index contributed by atoms with van der Waals surface area (Å²) in [5.74, 6) is 1.81. The van der Waals surface area contributed by atoms with Gasteiger partial charge in [0.15, 0.2) is 0 Å². The molecule has 21 heavy (non-hydrogen) atoms. The van der Waals surface area contributed by atoms with Gasteiger partial charge in [0, 0.05) is 38.4 Å². The van der Waals surface area contributed by atoms with Gasteiger partial charge < -0.3 is 15.1 Å². The van der Waals surface area contributed by atoms with Crippen LogP contribution in [-0.4, -0.2) is 42.7 Å². The number of benzene rings is 1. The minimum Gasteiger partial charge on any atom is -0.369 e. The van der Waals surface area contributed by atoms with Crippen molar-refractivity contribution in [2.75, 3.05) is 47.8 Å². The van der Waals surface area contributed by atoms with Crippen LogP contribution in [0.15, 0.2) is 42.7 Å². The van der Waals surface area contributed by atoms with Crippen LogP contribution in [0.1, 0.15) is 6.92 Å². The normalized spacial score (nSPS) is 15.1. The number of piperazine rings is 1. The Balaban J connectivity index is 1.64. The number of nitrogens with one attached hydrogen (secondary N) is 1. The largest absolute Gasteiger partial charge is 0.369 e. The molecule has 0 atom stereocenters. The van der Waals surface area contributed by atoms with E-state index >= 15 is 0 Å². The molecule has 0 saturated carbocycles. The summed E-state index contributed by atoms with van der Waals surface area (Å²) in [7, 11) is 0. The summed E-state index contributed by atoms with van der Waals surface area (Å²) in [6.45, 7) is 6.89. The Morgan fingerprint density at radius 1 is 1.00 bits per heavy atom. The molecule has 3 rings (SSSR count). The standard InChI is InChI=1S/C16H21N5/c1-2-18-15-12-17-13-16(19-15)21-10-8-20(9-11-21)14-6-4-3-5-7-14/h3-7,12-13H,2,8-11H2,1H3,(H,18,19). The van der Waals surface area contributed by atoms with Gasteiger partial charge in [-0.05, 0) is 19.1 Å². The first-order valence-electron chi connectivity index (χ1n) is 7.47. The van der Waals surface area contributed by atoms with Crippen LogP contribution in [0.5, 0.6) is 0 Å². The molecule has 2 aromatic rings. The Kier molecular flexibility index (Phi) is 4.19. The number of nitrogens with zero attached hydrogens (tertiary/aromatic N) is 4. The molecule has 0 amide bonds. The van der Waals surface area contributed by atoms with Gasteiger partial charge >= 0.3 is 0 Å². The maximum absolute atomic E-state index is 4.62. The molecular formula is C16H21N5. The van der Waals surface area contributed by atoms with Gasteiger partial charge in [-0.2, -0.15) is 0 Å². The molecule has 0 aliphatic carbocycles. The van der Waals surface area contributed by atoms with E-state index in [1.807, 2.05) is 6.20 Å². The Bertz CT molecular complexity index is 564. The molecule has 0 spiro atoms. The SMILES string of the molecule is CCNc1cncc(N2CCN(c3ccccc3)CC2)n1. The quantitative estimate of drug-likeness (QED) is 0.932. The lowest BCUT2D eigenvalue weighted by atomic mass is 10.2. The van der Waals surface area contributed by atoms with Gasteiger partial charge in [-0.1, -0.05) is 18.2 Å². The smallest absolute Gasteiger partial charge is 0.149 e.